The number of hydrogen-bond donors (Lipinski definition) is 1. The predicted molar refractivity (Wildman–Crippen MR) is 143 cm³/mol. The van der Waals surface area contributed by atoms with Crippen LogP contribution in [0.4, 0.5) is 0 Å². The van der Waals surface area contributed by atoms with Crippen molar-refractivity contribution in [2.75, 3.05) is 0 Å². The van der Waals surface area contributed by atoms with E-state index in [0.717, 1.165) is 49.9 Å². The Hall–Kier alpha value is -3.67. The second-order valence-electron chi connectivity index (χ2n) is 10.6. The number of rotatable bonds is 9. The standard InChI is InChI=1S/C31H35N3O3/c35-30-12-11-28(34(30)21-24-9-5-2-6-10-24)16-25-13-26(15-27(14-25)18-31(36)37)17-29-19-32-22-33(29)20-23-7-3-1-4-8-23/h1-10,17,19,22,25,27-28H,11-16,18,20-21H2,(H,36,37)/b26-17+/t25-,27-,28-/m0/s1. The van der Waals surface area contributed by atoms with E-state index in [9.17, 15) is 14.7 Å². The van der Waals surface area contributed by atoms with Crippen molar-refractivity contribution >= 4 is 18.0 Å². The fourth-order valence-electron chi connectivity index (χ4n) is 6.16. The third kappa shape index (κ3) is 6.56. The van der Waals surface area contributed by atoms with Crippen LogP contribution in [0.5, 0.6) is 0 Å². The Morgan fingerprint density at radius 1 is 0.973 bits per heavy atom. The van der Waals surface area contributed by atoms with E-state index in [1.165, 1.54) is 11.1 Å². The third-order valence-corrected chi connectivity index (χ3v) is 7.78. The molecular weight excluding hydrogens is 462 g/mol. The molecule has 1 aromatic heterocycles. The van der Waals surface area contributed by atoms with Gasteiger partial charge in [0.2, 0.25) is 5.91 Å². The van der Waals surface area contributed by atoms with Crippen LogP contribution in [0.3, 0.4) is 0 Å². The fraction of sp³-hybridized carbons (Fsp3) is 0.387. The van der Waals surface area contributed by atoms with E-state index in [-0.39, 0.29) is 24.3 Å². The first-order chi connectivity index (χ1) is 18.0. The van der Waals surface area contributed by atoms with Gasteiger partial charge in [-0.1, -0.05) is 66.2 Å². The topological polar surface area (TPSA) is 75.4 Å². The smallest absolute Gasteiger partial charge is 0.303 e. The first-order valence-electron chi connectivity index (χ1n) is 13.3. The molecule has 2 fully saturated rings. The Bertz CT molecular complexity index is 1230. The maximum Gasteiger partial charge on any atom is 0.303 e. The van der Waals surface area contributed by atoms with Gasteiger partial charge in [0.25, 0.3) is 0 Å². The molecule has 6 nitrogen and oxygen atoms in total. The number of nitrogens with zero attached hydrogens (tertiary/aromatic N) is 3. The molecule has 6 heteroatoms. The van der Waals surface area contributed by atoms with Crippen LogP contribution < -0.4 is 0 Å². The Balaban J connectivity index is 1.32. The maximum atomic E-state index is 12.7. The summed E-state index contributed by atoms with van der Waals surface area (Å²) in [7, 11) is 0. The van der Waals surface area contributed by atoms with Crippen molar-refractivity contribution in [3.63, 3.8) is 0 Å². The van der Waals surface area contributed by atoms with Gasteiger partial charge in [0.05, 0.1) is 18.2 Å². The first kappa shape index (κ1) is 25.0. The van der Waals surface area contributed by atoms with E-state index in [1.807, 2.05) is 48.9 Å². The molecule has 1 saturated heterocycles. The van der Waals surface area contributed by atoms with Crippen LogP contribution in [0.15, 0.2) is 78.8 Å². The highest BCUT2D eigenvalue weighted by atomic mass is 16.4. The number of carboxylic acids is 1. The molecule has 3 atom stereocenters. The number of hydrogen-bond acceptors (Lipinski definition) is 3. The van der Waals surface area contributed by atoms with Crippen molar-refractivity contribution in [1.29, 1.82) is 0 Å². The summed E-state index contributed by atoms with van der Waals surface area (Å²) >= 11 is 0. The zero-order chi connectivity index (χ0) is 25.6. The van der Waals surface area contributed by atoms with Crippen LogP contribution in [0.1, 0.15) is 61.8 Å². The van der Waals surface area contributed by atoms with Gasteiger partial charge in [0.15, 0.2) is 0 Å². The molecule has 192 valence electrons. The quantitative estimate of drug-likeness (QED) is 0.406. The average molecular weight is 498 g/mol. The summed E-state index contributed by atoms with van der Waals surface area (Å²) in [4.78, 5) is 30.8. The fourth-order valence-corrected chi connectivity index (χ4v) is 6.16. The highest BCUT2D eigenvalue weighted by molar-refractivity contribution is 5.78. The van der Waals surface area contributed by atoms with E-state index < -0.39 is 5.97 Å². The number of carbonyl (C=O) groups is 2. The zero-order valence-corrected chi connectivity index (χ0v) is 21.2. The largest absolute Gasteiger partial charge is 0.481 e. The van der Waals surface area contributed by atoms with E-state index in [1.54, 1.807) is 0 Å². The van der Waals surface area contributed by atoms with Gasteiger partial charge in [0.1, 0.15) is 0 Å². The van der Waals surface area contributed by atoms with Gasteiger partial charge in [-0.15, -0.1) is 0 Å². The molecule has 1 amide bonds. The van der Waals surface area contributed by atoms with Crippen molar-refractivity contribution in [3.8, 4) is 0 Å². The van der Waals surface area contributed by atoms with Gasteiger partial charge in [0, 0.05) is 32.0 Å². The van der Waals surface area contributed by atoms with Crippen LogP contribution in [-0.4, -0.2) is 37.5 Å². The lowest BCUT2D eigenvalue weighted by molar-refractivity contribution is -0.138. The normalized spacial score (nSPS) is 23.0. The minimum Gasteiger partial charge on any atom is -0.481 e. The molecule has 0 unspecified atom stereocenters. The monoisotopic (exact) mass is 497 g/mol. The van der Waals surface area contributed by atoms with E-state index in [0.29, 0.717) is 18.9 Å². The number of benzene rings is 2. The molecule has 1 N–H and O–H groups in total. The highest BCUT2D eigenvalue weighted by Gasteiger charge is 2.35. The first-order valence-corrected chi connectivity index (χ1v) is 13.3. The van der Waals surface area contributed by atoms with Crippen LogP contribution >= 0.6 is 0 Å². The minimum atomic E-state index is -0.735. The molecule has 0 bridgehead atoms. The summed E-state index contributed by atoms with van der Waals surface area (Å²) in [5, 5.41) is 9.54. The Kier molecular flexibility index (Phi) is 7.83. The Morgan fingerprint density at radius 2 is 1.65 bits per heavy atom. The molecule has 2 aromatic carbocycles. The number of amides is 1. The third-order valence-electron chi connectivity index (χ3n) is 7.78. The minimum absolute atomic E-state index is 0.118. The molecular formula is C31H35N3O3. The lowest BCUT2D eigenvalue weighted by atomic mass is 9.74. The molecule has 0 radical (unpaired) electrons. The van der Waals surface area contributed by atoms with Gasteiger partial charge in [-0.05, 0) is 61.1 Å². The number of imidazole rings is 1. The van der Waals surface area contributed by atoms with E-state index in [2.05, 4.69) is 44.8 Å². The summed E-state index contributed by atoms with van der Waals surface area (Å²) in [5.74, 6) is -0.0233. The maximum absolute atomic E-state index is 12.7. The molecule has 2 aliphatic rings. The number of aliphatic carboxylic acids is 1. The van der Waals surface area contributed by atoms with Gasteiger partial charge >= 0.3 is 5.97 Å². The number of carboxylic acid groups (broad SMARTS) is 1. The summed E-state index contributed by atoms with van der Waals surface area (Å²) in [6.45, 7) is 1.40. The summed E-state index contributed by atoms with van der Waals surface area (Å²) in [5.41, 5.74) is 4.71. The highest BCUT2D eigenvalue weighted by Crippen LogP contribution is 2.40. The molecule has 2 heterocycles. The lowest BCUT2D eigenvalue weighted by Crippen LogP contribution is -2.35. The summed E-state index contributed by atoms with van der Waals surface area (Å²) < 4.78 is 2.15. The van der Waals surface area contributed by atoms with Gasteiger partial charge < -0.3 is 14.6 Å². The van der Waals surface area contributed by atoms with Gasteiger partial charge in [-0.2, -0.15) is 0 Å². The molecule has 1 aliphatic carbocycles. The van der Waals surface area contributed by atoms with Crippen molar-refractivity contribution in [3.05, 3.63) is 95.6 Å². The van der Waals surface area contributed by atoms with Crippen molar-refractivity contribution in [1.82, 2.24) is 14.5 Å². The molecule has 3 aromatic rings. The Morgan fingerprint density at radius 3 is 2.35 bits per heavy atom. The molecule has 1 aliphatic heterocycles. The van der Waals surface area contributed by atoms with Crippen LogP contribution in [0.25, 0.3) is 6.08 Å². The SMILES string of the molecule is O=C(O)C[C@@H]1C/C(=C/c2cncn2Cc2ccccc2)C[C@H](C[C@@H]2CCC(=O)N2Cc2ccccc2)C1. The molecule has 37 heavy (non-hydrogen) atoms. The van der Waals surface area contributed by atoms with Crippen LogP contribution in [0, 0.1) is 11.8 Å². The van der Waals surface area contributed by atoms with Crippen molar-refractivity contribution in [2.45, 2.75) is 64.1 Å². The molecule has 5 rings (SSSR count). The predicted octanol–water partition coefficient (Wildman–Crippen LogP) is 5.79. The number of allylic oxidation sites excluding steroid dienone is 1. The van der Waals surface area contributed by atoms with E-state index in [4.69, 9.17) is 0 Å². The van der Waals surface area contributed by atoms with Gasteiger partial charge in [-0.25, -0.2) is 4.98 Å². The van der Waals surface area contributed by atoms with Gasteiger partial charge in [-0.3, -0.25) is 9.59 Å². The molecule has 0 spiro atoms. The average Bonchev–Trinajstić information content (AvgIpc) is 3.46. The second-order valence-corrected chi connectivity index (χ2v) is 10.6. The van der Waals surface area contributed by atoms with Crippen molar-refractivity contribution < 1.29 is 14.7 Å². The second kappa shape index (κ2) is 11.6. The lowest BCUT2D eigenvalue weighted by Gasteiger charge is -2.34. The van der Waals surface area contributed by atoms with Crippen LogP contribution in [0.2, 0.25) is 0 Å². The van der Waals surface area contributed by atoms with Crippen molar-refractivity contribution in [2.24, 2.45) is 11.8 Å². The number of aromatic nitrogens is 2. The number of carbonyl (C=O) groups excluding carboxylic acids is 1. The number of likely N-dealkylation sites (tertiary alicyclic amines) is 1. The Labute approximate surface area is 218 Å². The zero-order valence-electron chi connectivity index (χ0n) is 21.2. The molecule has 1 saturated carbocycles. The van der Waals surface area contributed by atoms with E-state index >= 15 is 0 Å². The summed E-state index contributed by atoms with van der Waals surface area (Å²) in [6, 6.07) is 20.7. The van der Waals surface area contributed by atoms with Crippen LogP contribution in [-0.2, 0) is 22.7 Å². The summed E-state index contributed by atoms with van der Waals surface area (Å²) in [6.07, 6.45) is 11.2.